The molecular formula is C17H28N2O3S. The number of hydrogen-bond acceptors (Lipinski definition) is 3. The molecule has 23 heavy (non-hydrogen) atoms. The molecule has 0 aromatic heterocycles. The van der Waals surface area contributed by atoms with E-state index in [0.29, 0.717) is 18.0 Å². The minimum absolute atomic E-state index is 0.133. The molecule has 1 N–H and O–H groups in total. The largest absolute Gasteiger partial charge is 0.352 e. The highest BCUT2D eigenvalue weighted by molar-refractivity contribution is 7.89. The van der Waals surface area contributed by atoms with Crippen LogP contribution in [0.25, 0.3) is 0 Å². The van der Waals surface area contributed by atoms with E-state index in [4.69, 9.17) is 0 Å². The van der Waals surface area contributed by atoms with Crippen molar-refractivity contribution >= 4 is 15.9 Å². The molecule has 0 saturated heterocycles. The van der Waals surface area contributed by atoms with E-state index in [1.54, 1.807) is 12.1 Å². The number of nitrogens with one attached hydrogen (secondary N) is 1. The Balaban J connectivity index is 2.78. The maximum atomic E-state index is 12.3. The molecule has 0 aliphatic heterocycles. The van der Waals surface area contributed by atoms with Gasteiger partial charge in [0.15, 0.2) is 0 Å². The molecule has 0 heterocycles. The summed E-state index contributed by atoms with van der Waals surface area (Å²) in [7, 11) is -0.580. The minimum atomic E-state index is -3.53. The van der Waals surface area contributed by atoms with Gasteiger partial charge in [-0.1, -0.05) is 39.2 Å². The fourth-order valence-electron chi connectivity index (χ4n) is 2.29. The Morgan fingerprint density at radius 3 is 2.52 bits per heavy atom. The maximum absolute atomic E-state index is 12.3. The van der Waals surface area contributed by atoms with E-state index in [2.05, 4.69) is 19.2 Å². The number of rotatable bonds is 9. The quantitative estimate of drug-likeness (QED) is 0.751. The number of hydrogen-bond donors (Lipinski definition) is 1. The summed E-state index contributed by atoms with van der Waals surface area (Å²) < 4.78 is 25.4. The summed E-state index contributed by atoms with van der Waals surface area (Å²) in [5.74, 6) is 0.239. The zero-order valence-corrected chi connectivity index (χ0v) is 15.3. The number of carbonyl (C=O) groups excluding carboxylic acids is 1. The number of sulfonamides is 1. The highest BCUT2D eigenvalue weighted by Crippen LogP contribution is 2.15. The molecule has 0 radical (unpaired) electrons. The van der Waals surface area contributed by atoms with Crippen molar-refractivity contribution in [2.45, 2.75) is 44.4 Å². The van der Waals surface area contributed by atoms with Gasteiger partial charge in [-0.3, -0.25) is 4.79 Å². The zero-order chi connectivity index (χ0) is 17.5. The van der Waals surface area contributed by atoms with Crippen LogP contribution in [0.1, 0.15) is 49.9 Å². The molecular weight excluding hydrogens is 312 g/mol. The number of carbonyl (C=O) groups is 1. The average Bonchev–Trinajstić information content (AvgIpc) is 2.54. The van der Waals surface area contributed by atoms with Crippen molar-refractivity contribution in [3.8, 4) is 0 Å². The minimum Gasteiger partial charge on any atom is -0.352 e. The van der Waals surface area contributed by atoms with Crippen LogP contribution >= 0.6 is 0 Å². The second-order valence-electron chi connectivity index (χ2n) is 5.94. The van der Waals surface area contributed by atoms with Gasteiger partial charge < -0.3 is 5.32 Å². The van der Waals surface area contributed by atoms with Gasteiger partial charge >= 0.3 is 0 Å². The van der Waals surface area contributed by atoms with Crippen molar-refractivity contribution in [3.63, 3.8) is 0 Å². The van der Waals surface area contributed by atoms with E-state index in [1.807, 2.05) is 0 Å². The highest BCUT2D eigenvalue weighted by atomic mass is 32.2. The molecule has 6 heteroatoms. The summed E-state index contributed by atoms with van der Waals surface area (Å²) in [5.41, 5.74) is 0.373. The summed E-state index contributed by atoms with van der Waals surface area (Å²) in [6.07, 6.45) is 4.43. The lowest BCUT2D eigenvalue weighted by atomic mass is 9.99. The van der Waals surface area contributed by atoms with Crippen LogP contribution in [-0.2, 0) is 10.0 Å². The lowest BCUT2D eigenvalue weighted by Gasteiger charge is -2.16. The van der Waals surface area contributed by atoms with E-state index < -0.39 is 10.0 Å². The first-order chi connectivity index (χ1) is 10.8. The Morgan fingerprint density at radius 2 is 1.96 bits per heavy atom. The van der Waals surface area contributed by atoms with Crippen molar-refractivity contribution < 1.29 is 13.2 Å². The van der Waals surface area contributed by atoms with Crippen LogP contribution in [0.5, 0.6) is 0 Å². The van der Waals surface area contributed by atoms with Crippen LogP contribution in [0.2, 0.25) is 0 Å². The lowest BCUT2D eigenvalue weighted by molar-refractivity contribution is 0.0945. The van der Waals surface area contributed by atoms with E-state index in [1.165, 1.54) is 26.2 Å². The Labute approximate surface area is 140 Å². The third-order valence-corrected chi connectivity index (χ3v) is 5.78. The van der Waals surface area contributed by atoms with Crippen LogP contribution in [0.15, 0.2) is 29.2 Å². The van der Waals surface area contributed by atoms with E-state index in [-0.39, 0.29) is 10.8 Å². The van der Waals surface area contributed by atoms with Crippen molar-refractivity contribution in [2.24, 2.45) is 5.92 Å². The second-order valence-corrected chi connectivity index (χ2v) is 8.09. The van der Waals surface area contributed by atoms with Crippen molar-refractivity contribution in [1.82, 2.24) is 9.62 Å². The lowest BCUT2D eigenvalue weighted by Crippen LogP contribution is -2.29. The van der Waals surface area contributed by atoms with Crippen molar-refractivity contribution in [1.29, 1.82) is 0 Å². The van der Waals surface area contributed by atoms with Gasteiger partial charge in [-0.2, -0.15) is 0 Å². The third-order valence-electron chi connectivity index (χ3n) is 3.97. The number of amides is 1. The van der Waals surface area contributed by atoms with Crippen LogP contribution < -0.4 is 5.32 Å². The van der Waals surface area contributed by atoms with E-state index in [0.717, 1.165) is 30.0 Å². The molecule has 1 aromatic rings. The number of unbranched alkanes of at least 4 members (excludes halogenated alkanes) is 1. The van der Waals surface area contributed by atoms with Gasteiger partial charge in [-0.25, -0.2) is 12.7 Å². The average molecular weight is 340 g/mol. The van der Waals surface area contributed by atoms with Gasteiger partial charge in [0.05, 0.1) is 4.90 Å². The summed E-state index contributed by atoms with van der Waals surface area (Å²) in [4.78, 5) is 12.4. The molecule has 130 valence electrons. The first-order valence-corrected chi connectivity index (χ1v) is 9.57. The predicted molar refractivity (Wildman–Crippen MR) is 93.0 cm³/mol. The Morgan fingerprint density at radius 1 is 1.26 bits per heavy atom. The summed E-state index contributed by atoms with van der Waals surface area (Å²) in [5, 5.41) is 2.92. The smallest absolute Gasteiger partial charge is 0.251 e. The number of nitrogens with zero attached hydrogens (tertiary/aromatic N) is 1. The first kappa shape index (κ1) is 19.6. The summed E-state index contributed by atoms with van der Waals surface area (Å²) in [6.45, 7) is 4.90. The molecule has 0 unspecified atom stereocenters. The normalized spacial score (nSPS) is 13.1. The highest BCUT2D eigenvalue weighted by Gasteiger charge is 2.19. The van der Waals surface area contributed by atoms with Crippen molar-refractivity contribution in [2.75, 3.05) is 20.6 Å². The van der Waals surface area contributed by atoms with Crippen LogP contribution in [0.4, 0.5) is 0 Å². The first-order valence-electron chi connectivity index (χ1n) is 8.13. The van der Waals surface area contributed by atoms with Crippen LogP contribution in [0.3, 0.4) is 0 Å². The van der Waals surface area contributed by atoms with Crippen LogP contribution in [-0.4, -0.2) is 39.3 Å². The molecule has 5 nitrogen and oxygen atoms in total. The molecule has 0 aliphatic carbocycles. The molecule has 1 rings (SSSR count). The van der Waals surface area contributed by atoms with Gasteiger partial charge in [-0.15, -0.1) is 0 Å². The van der Waals surface area contributed by atoms with Crippen molar-refractivity contribution in [3.05, 3.63) is 29.8 Å². The van der Waals surface area contributed by atoms with E-state index >= 15 is 0 Å². The van der Waals surface area contributed by atoms with Gasteiger partial charge in [0.25, 0.3) is 5.91 Å². The third kappa shape index (κ3) is 5.62. The molecule has 0 spiro atoms. The fourth-order valence-corrected chi connectivity index (χ4v) is 3.24. The Hall–Kier alpha value is -1.40. The monoisotopic (exact) mass is 340 g/mol. The molecule has 0 saturated carbocycles. The predicted octanol–water partition coefficient (Wildman–Crippen LogP) is 2.88. The zero-order valence-electron chi connectivity index (χ0n) is 14.5. The molecule has 0 aliphatic rings. The maximum Gasteiger partial charge on any atom is 0.251 e. The SMILES string of the molecule is CCCC[C@H](CC)CNC(=O)c1cccc(S(=O)(=O)N(C)C)c1. The second kappa shape index (κ2) is 9.03. The van der Waals surface area contributed by atoms with Gasteiger partial charge in [0, 0.05) is 26.2 Å². The van der Waals surface area contributed by atoms with E-state index in [9.17, 15) is 13.2 Å². The topological polar surface area (TPSA) is 66.5 Å². The molecule has 0 bridgehead atoms. The van der Waals surface area contributed by atoms with Crippen LogP contribution in [0, 0.1) is 5.92 Å². The fraction of sp³-hybridized carbons (Fsp3) is 0.588. The molecule has 0 fully saturated rings. The molecule has 1 aromatic carbocycles. The summed E-state index contributed by atoms with van der Waals surface area (Å²) >= 11 is 0. The Bertz CT molecular complexity index is 612. The standard InChI is InChI=1S/C17H28N2O3S/c1-5-7-9-14(6-2)13-18-17(20)15-10-8-11-16(12-15)23(21,22)19(3)4/h8,10-12,14H,5-7,9,13H2,1-4H3,(H,18,20)/t14-/m0/s1. The summed E-state index contributed by atoms with van der Waals surface area (Å²) in [6, 6.07) is 6.16. The molecule has 1 amide bonds. The Kier molecular flexibility index (Phi) is 7.72. The molecule has 1 atom stereocenters. The van der Waals surface area contributed by atoms with Gasteiger partial charge in [0.2, 0.25) is 10.0 Å². The number of benzene rings is 1. The van der Waals surface area contributed by atoms with Gasteiger partial charge in [0.1, 0.15) is 0 Å². The van der Waals surface area contributed by atoms with Gasteiger partial charge in [-0.05, 0) is 30.5 Å².